The molecule has 0 aliphatic carbocycles. The first-order valence-electron chi connectivity index (χ1n) is 9.01. The van der Waals surface area contributed by atoms with Crippen LogP contribution >= 0.6 is 0 Å². The van der Waals surface area contributed by atoms with E-state index >= 15 is 0 Å². The van der Waals surface area contributed by atoms with Gasteiger partial charge in [0.15, 0.2) is 23.8 Å². The van der Waals surface area contributed by atoms with Gasteiger partial charge in [-0.25, -0.2) is 14.2 Å². The predicted octanol–water partition coefficient (Wildman–Crippen LogP) is 3.90. The van der Waals surface area contributed by atoms with Crippen LogP contribution in [0.2, 0.25) is 0 Å². The number of carbonyl (C=O) groups is 1. The van der Waals surface area contributed by atoms with Crippen molar-refractivity contribution in [1.29, 1.82) is 0 Å². The maximum Gasteiger partial charge on any atom is 0.360 e. The van der Waals surface area contributed by atoms with Crippen LogP contribution in [0.5, 0.6) is 11.5 Å². The summed E-state index contributed by atoms with van der Waals surface area (Å²) in [6.07, 6.45) is 1.19. The molecular weight excluding hydrogens is 409 g/mol. The molecule has 0 atom stereocenters. The second kappa shape index (κ2) is 8.66. The Morgan fingerprint density at radius 2 is 1.81 bits per heavy atom. The Hall–Kier alpha value is -4.21. The molecule has 10 heteroatoms. The van der Waals surface area contributed by atoms with Crippen molar-refractivity contribution in [3.8, 4) is 34.3 Å². The summed E-state index contributed by atoms with van der Waals surface area (Å²) in [5.74, 6) is 0.691. The first-order valence-corrected chi connectivity index (χ1v) is 9.01. The molecular formula is C21H16FN3O6. The fourth-order valence-electron chi connectivity index (χ4n) is 2.69. The van der Waals surface area contributed by atoms with Crippen LogP contribution in [0.25, 0.3) is 22.8 Å². The number of ether oxygens (including phenoxy) is 3. The van der Waals surface area contributed by atoms with Crippen LogP contribution in [-0.4, -0.2) is 35.3 Å². The molecule has 4 aromatic rings. The lowest BCUT2D eigenvalue weighted by Gasteiger charge is -2.10. The van der Waals surface area contributed by atoms with E-state index in [9.17, 15) is 9.18 Å². The fraction of sp³-hybridized carbons (Fsp3) is 0.143. The third kappa shape index (κ3) is 4.37. The number of hydrogen-bond donors (Lipinski definition) is 0. The number of nitrogens with zero attached hydrogens (tertiary/aromatic N) is 3. The van der Waals surface area contributed by atoms with Crippen molar-refractivity contribution in [3.05, 3.63) is 66.1 Å². The van der Waals surface area contributed by atoms with Crippen LogP contribution in [-0.2, 0) is 11.3 Å². The lowest BCUT2D eigenvalue weighted by Crippen LogP contribution is -2.03. The van der Waals surface area contributed by atoms with Crippen molar-refractivity contribution < 1.29 is 32.3 Å². The van der Waals surface area contributed by atoms with Gasteiger partial charge in [-0.2, -0.15) is 4.98 Å². The normalized spacial score (nSPS) is 10.7. The van der Waals surface area contributed by atoms with Gasteiger partial charge in [0, 0.05) is 11.1 Å². The lowest BCUT2D eigenvalue weighted by molar-refractivity contribution is 0.0594. The van der Waals surface area contributed by atoms with Crippen molar-refractivity contribution in [3.63, 3.8) is 0 Å². The van der Waals surface area contributed by atoms with E-state index in [0.29, 0.717) is 28.5 Å². The van der Waals surface area contributed by atoms with Gasteiger partial charge < -0.3 is 23.2 Å². The number of halogens is 1. The van der Waals surface area contributed by atoms with E-state index in [2.05, 4.69) is 19.9 Å². The van der Waals surface area contributed by atoms with Crippen LogP contribution in [0.1, 0.15) is 16.4 Å². The monoisotopic (exact) mass is 425 g/mol. The van der Waals surface area contributed by atoms with Gasteiger partial charge in [-0.1, -0.05) is 5.16 Å². The van der Waals surface area contributed by atoms with Gasteiger partial charge in [0.2, 0.25) is 11.7 Å². The first kappa shape index (κ1) is 20.1. The second-order valence-electron chi connectivity index (χ2n) is 6.20. The average Bonchev–Trinajstić information content (AvgIpc) is 3.48. The van der Waals surface area contributed by atoms with Crippen LogP contribution in [0.3, 0.4) is 0 Å². The Kier molecular flexibility index (Phi) is 5.61. The van der Waals surface area contributed by atoms with Gasteiger partial charge in [0.1, 0.15) is 12.1 Å². The molecule has 2 heterocycles. The standard InChI is InChI=1S/C21H16FN3O6/c1-27-17-9-13(19-24-20(31-25-19)12-3-6-14(22)7-4-12)5-8-16(17)29-11-18-23-15(10-30-18)21(26)28-2/h3-10H,11H2,1-2H3. The molecule has 158 valence electrons. The zero-order chi connectivity index (χ0) is 21.8. The molecule has 2 aromatic heterocycles. The number of rotatable bonds is 7. The number of aromatic nitrogens is 3. The van der Waals surface area contributed by atoms with Crippen LogP contribution in [0.4, 0.5) is 4.39 Å². The van der Waals surface area contributed by atoms with E-state index in [4.69, 9.17) is 18.4 Å². The van der Waals surface area contributed by atoms with E-state index in [-0.39, 0.29) is 29.9 Å². The summed E-state index contributed by atoms with van der Waals surface area (Å²) < 4.78 is 39.2. The number of hydrogen-bond acceptors (Lipinski definition) is 9. The van der Waals surface area contributed by atoms with E-state index < -0.39 is 5.97 Å². The van der Waals surface area contributed by atoms with Gasteiger partial charge in [0.05, 0.1) is 14.2 Å². The Labute approximate surface area is 175 Å². The number of benzene rings is 2. The minimum Gasteiger partial charge on any atom is -0.493 e. The average molecular weight is 425 g/mol. The third-order valence-electron chi connectivity index (χ3n) is 4.24. The highest BCUT2D eigenvalue weighted by Crippen LogP contribution is 2.33. The van der Waals surface area contributed by atoms with Gasteiger partial charge in [0.25, 0.3) is 5.89 Å². The zero-order valence-corrected chi connectivity index (χ0v) is 16.5. The van der Waals surface area contributed by atoms with Crippen LogP contribution < -0.4 is 9.47 Å². The highest BCUT2D eigenvalue weighted by Gasteiger charge is 2.16. The van der Waals surface area contributed by atoms with Gasteiger partial charge in [-0.05, 0) is 42.5 Å². The topological polar surface area (TPSA) is 110 Å². The summed E-state index contributed by atoms with van der Waals surface area (Å²) in [4.78, 5) is 19.8. The summed E-state index contributed by atoms with van der Waals surface area (Å²) >= 11 is 0. The van der Waals surface area contributed by atoms with Crippen molar-refractivity contribution >= 4 is 5.97 Å². The summed E-state index contributed by atoms with van der Waals surface area (Å²) in [5, 5.41) is 3.97. The Balaban J connectivity index is 1.50. The molecule has 2 aromatic carbocycles. The number of esters is 1. The number of methoxy groups -OCH3 is 2. The van der Waals surface area contributed by atoms with E-state index in [1.54, 1.807) is 30.3 Å². The molecule has 0 N–H and O–H groups in total. The smallest absolute Gasteiger partial charge is 0.360 e. The summed E-state index contributed by atoms with van der Waals surface area (Å²) in [7, 11) is 2.75. The molecule has 4 rings (SSSR count). The SMILES string of the molecule is COC(=O)c1coc(COc2ccc(-c3noc(-c4ccc(F)cc4)n3)cc2OC)n1. The van der Waals surface area contributed by atoms with Crippen molar-refractivity contribution in [2.24, 2.45) is 0 Å². The summed E-state index contributed by atoms with van der Waals surface area (Å²) in [6.45, 7) is -0.0242. The molecule has 31 heavy (non-hydrogen) atoms. The van der Waals surface area contributed by atoms with Crippen molar-refractivity contribution in [2.45, 2.75) is 6.61 Å². The quantitative estimate of drug-likeness (QED) is 0.407. The van der Waals surface area contributed by atoms with Crippen LogP contribution in [0.15, 0.2) is 57.7 Å². The van der Waals surface area contributed by atoms with E-state index in [0.717, 1.165) is 0 Å². The first-order chi connectivity index (χ1) is 15.1. The van der Waals surface area contributed by atoms with E-state index in [1.165, 1.54) is 32.6 Å². The van der Waals surface area contributed by atoms with Gasteiger partial charge >= 0.3 is 5.97 Å². The maximum absolute atomic E-state index is 13.1. The molecule has 0 aliphatic rings. The molecule has 0 spiro atoms. The van der Waals surface area contributed by atoms with Gasteiger partial charge in [-0.15, -0.1) is 0 Å². The Bertz CT molecular complexity index is 1200. The molecule has 0 aliphatic heterocycles. The third-order valence-corrected chi connectivity index (χ3v) is 4.24. The molecule has 0 saturated heterocycles. The number of oxazole rings is 1. The Morgan fingerprint density at radius 1 is 1.03 bits per heavy atom. The molecule has 0 amide bonds. The zero-order valence-electron chi connectivity index (χ0n) is 16.5. The molecule has 0 radical (unpaired) electrons. The second-order valence-corrected chi connectivity index (χ2v) is 6.20. The molecule has 0 saturated carbocycles. The van der Waals surface area contributed by atoms with Crippen LogP contribution in [0, 0.1) is 5.82 Å². The van der Waals surface area contributed by atoms with Gasteiger partial charge in [-0.3, -0.25) is 0 Å². The maximum atomic E-state index is 13.1. The summed E-state index contributed by atoms with van der Waals surface area (Å²) in [5.41, 5.74) is 1.28. The molecule has 0 fully saturated rings. The molecule has 0 unspecified atom stereocenters. The summed E-state index contributed by atoms with van der Waals surface area (Å²) in [6, 6.07) is 10.8. The van der Waals surface area contributed by atoms with Crippen molar-refractivity contribution in [1.82, 2.24) is 15.1 Å². The lowest BCUT2D eigenvalue weighted by atomic mass is 10.2. The van der Waals surface area contributed by atoms with Crippen molar-refractivity contribution in [2.75, 3.05) is 14.2 Å². The van der Waals surface area contributed by atoms with E-state index in [1.807, 2.05) is 0 Å². The minimum atomic E-state index is -0.600. The fourth-order valence-corrected chi connectivity index (χ4v) is 2.69. The molecule has 9 nitrogen and oxygen atoms in total. The Morgan fingerprint density at radius 3 is 2.55 bits per heavy atom. The predicted molar refractivity (Wildman–Crippen MR) is 104 cm³/mol. The largest absolute Gasteiger partial charge is 0.493 e. The minimum absolute atomic E-state index is 0.0242. The number of carbonyl (C=O) groups excluding carboxylic acids is 1. The highest BCUT2D eigenvalue weighted by atomic mass is 19.1. The highest BCUT2D eigenvalue weighted by molar-refractivity contribution is 5.86. The molecule has 0 bridgehead atoms.